The zero-order chi connectivity index (χ0) is 16.0. The van der Waals surface area contributed by atoms with Crippen molar-refractivity contribution in [1.29, 1.82) is 0 Å². The van der Waals surface area contributed by atoms with E-state index in [0.29, 0.717) is 18.5 Å². The van der Waals surface area contributed by atoms with Crippen LogP contribution in [0.1, 0.15) is 37.8 Å². The highest BCUT2D eigenvalue weighted by Crippen LogP contribution is 2.40. The summed E-state index contributed by atoms with van der Waals surface area (Å²) in [6.45, 7) is 0.622. The maximum Gasteiger partial charge on any atom is 0.320 e. The molecule has 2 aliphatic rings. The number of rotatable bonds is 3. The van der Waals surface area contributed by atoms with Crippen LogP contribution < -0.4 is 0 Å². The molecular formula is C17H20BrN3O2. The second kappa shape index (κ2) is 5.91. The first-order valence-corrected chi connectivity index (χ1v) is 9.03. The van der Waals surface area contributed by atoms with Crippen LogP contribution >= 0.6 is 15.9 Å². The van der Waals surface area contributed by atoms with Crippen LogP contribution in [-0.2, 0) is 11.3 Å². The number of halogens is 1. The van der Waals surface area contributed by atoms with Crippen LogP contribution in [0.25, 0.3) is 5.65 Å². The molecule has 0 aromatic carbocycles. The number of imidazole rings is 1. The normalized spacial score (nSPS) is 28.1. The standard InChI is InChI=1S/C17H20BrN3O2/c18-12-5-6-20-9-13(19-16(20)8-12)10-21-14-4-2-1-3-11(14)7-15(21)17(22)23/h5-6,8-9,11,14-15H,1-4,7,10H2,(H,22,23). The fraction of sp³-hybridized carbons (Fsp3) is 0.529. The quantitative estimate of drug-likeness (QED) is 0.891. The zero-order valence-corrected chi connectivity index (χ0v) is 14.4. The van der Waals surface area contributed by atoms with Gasteiger partial charge >= 0.3 is 5.97 Å². The molecule has 1 aliphatic heterocycles. The van der Waals surface area contributed by atoms with Crippen molar-refractivity contribution in [2.45, 2.75) is 50.7 Å². The number of aliphatic carboxylic acids is 1. The second-order valence-corrected chi connectivity index (χ2v) is 7.63. The van der Waals surface area contributed by atoms with Crippen LogP contribution in [0.3, 0.4) is 0 Å². The molecule has 1 aliphatic carbocycles. The highest BCUT2D eigenvalue weighted by Gasteiger charge is 2.45. The number of aromatic nitrogens is 2. The van der Waals surface area contributed by atoms with Crippen molar-refractivity contribution in [1.82, 2.24) is 14.3 Å². The Morgan fingerprint density at radius 2 is 2.22 bits per heavy atom. The lowest BCUT2D eigenvalue weighted by molar-refractivity contribution is -0.142. The molecule has 3 atom stereocenters. The minimum atomic E-state index is -0.689. The second-order valence-electron chi connectivity index (χ2n) is 6.72. The number of pyridine rings is 1. The Hall–Kier alpha value is -1.40. The molecule has 5 nitrogen and oxygen atoms in total. The van der Waals surface area contributed by atoms with E-state index < -0.39 is 5.97 Å². The van der Waals surface area contributed by atoms with Gasteiger partial charge in [-0.1, -0.05) is 28.8 Å². The number of hydrogen-bond donors (Lipinski definition) is 1. The van der Waals surface area contributed by atoms with Crippen molar-refractivity contribution in [3.05, 3.63) is 34.7 Å². The van der Waals surface area contributed by atoms with Gasteiger partial charge in [0.15, 0.2) is 0 Å². The molecular weight excluding hydrogens is 358 g/mol. The lowest BCUT2D eigenvalue weighted by Gasteiger charge is -2.32. The van der Waals surface area contributed by atoms with Gasteiger partial charge in [-0.25, -0.2) is 4.98 Å². The van der Waals surface area contributed by atoms with Gasteiger partial charge in [-0.05, 0) is 37.3 Å². The molecule has 2 aromatic rings. The zero-order valence-electron chi connectivity index (χ0n) is 12.9. The number of fused-ring (bicyclic) bond motifs is 2. The average molecular weight is 378 g/mol. The smallest absolute Gasteiger partial charge is 0.320 e. The van der Waals surface area contributed by atoms with Crippen molar-refractivity contribution in [2.24, 2.45) is 5.92 Å². The molecule has 2 fully saturated rings. The van der Waals surface area contributed by atoms with Crippen molar-refractivity contribution in [2.75, 3.05) is 0 Å². The first-order valence-electron chi connectivity index (χ1n) is 8.23. The number of nitrogens with zero attached hydrogens (tertiary/aromatic N) is 3. The van der Waals surface area contributed by atoms with Crippen molar-refractivity contribution < 1.29 is 9.90 Å². The molecule has 0 amide bonds. The molecule has 0 spiro atoms. The van der Waals surface area contributed by atoms with Crippen LogP contribution in [0.15, 0.2) is 29.0 Å². The van der Waals surface area contributed by atoms with Gasteiger partial charge in [-0.3, -0.25) is 9.69 Å². The van der Waals surface area contributed by atoms with Crippen LogP contribution in [-0.4, -0.2) is 37.4 Å². The van der Waals surface area contributed by atoms with E-state index in [9.17, 15) is 9.90 Å². The summed E-state index contributed by atoms with van der Waals surface area (Å²) in [5.41, 5.74) is 1.83. The van der Waals surface area contributed by atoms with Gasteiger partial charge in [-0.2, -0.15) is 0 Å². The molecule has 122 valence electrons. The molecule has 4 rings (SSSR count). The summed E-state index contributed by atoms with van der Waals surface area (Å²) >= 11 is 3.46. The van der Waals surface area contributed by atoms with E-state index >= 15 is 0 Å². The summed E-state index contributed by atoms with van der Waals surface area (Å²) in [7, 11) is 0. The van der Waals surface area contributed by atoms with Crippen LogP contribution in [0.2, 0.25) is 0 Å². The SMILES string of the molecule is O=C(O)C1CC2CCCCC2N1Cc1cn2ccc(Br)cc2n1. The first kappa shape index (κ1) is 15.1. The Bertz CT molecular complexity index is 745. The Balaban J connectivity index is 1.62. The third-order valence-electron chi connectivity index (χ3n) is 5.32. The number of carboxylic acid groups (broad SMARTS) is 1. The van der Waals surface area contributed by atoms with E-state index in [-0.39, 0.29) is 6.04 Å². The summed E-state index contributed by atoms with van der Waals surface area (Å²) in [4.78, 5) is 18.5. The number of hydrogen-bond acceptors (Lipinski definition) is 3. The van der Waals surface area contributed by atoms with Crippen molar-refractivity contribution in [3.8, 4) is 0 Å². The number of carboxylic acids is 1. The molecule has 1 saturated carbocycles. The number of carbonyl (C=O) groups is 1. The van der Waals surface area contributed by atoms with Gasteiger partial charge in [0, 0.05) is 29.5 Å². The largest absolute Gasteiger partial charge is 0.480 e. The lowest BCUT2D eigenvalue weighted by Crippen LogP contribution is -2.41. The van der Waals surface area contributed by atoms with E-state index in [1.54, 1.807) is 0 Å². The third kappa shape index (κ3) is 2.78. The minimum Gasteiger partial charge on any atom is -0.480 e. The van der Waals surface area contributed by atoms with Gasteiger partial charge in [0.2, 0.25) is 0 Å². The van der Waals surface area contributed by atoms with Crippen molar-refractivity contribution >= 4 is 27.5 Å². The Labute approximate surface area is 143 Å². The van der Waals surface area contributed by atoms with Crippen LogP contribution in [0.5, 0.6) is 0 Å². The van der Waals surface area contributed by atoms with E-state index in [0.717, 1.165) is 28.7 Å². The molecule has 1 saturated heterocycles. The Morgan fingerprint density at radius 3 is 3.04 bits per heavy atom. The van der Waals surface area contributed by atoms with Gasteiger partial charge in [0.05, 0.1) is 5.69 Å². The van der Waals surface area contributed by atoms with Gasteiger partial charge in [-0.15, -0.1) is 0 Å². The van der Waals surface area contributed by atoms with Gasteiger partial charge < -0.3 is 9.51 Å². The highest BCUT2D eigenvalue weighted by atomic mass is 79.9. The minimum absolute atomic E-state index is 0.361. The van der Waals surface area contributed by atoms with E-state index in [2.05, 4.69) is 25.8 Å². The molecule has 23 heavy (non-hydrogen) atoms. The van der Waals surface area contributed by atoms with E-state index in [4.69, 9.17) is 0 Å². The predicted molar refractivity (Wildman–Crippen MR) is 90.2 cm³/mol. The fourth-order valence-corrected chi connectivity index (χ4v) is 4.62. The first-order chi connectivity index (χ1) is 11.1. The van der Waals surface area contributed by atoms with E-state index in [1.165, 1.54) is 19.3 Å². The molecule has 3 unspecified atom stereocenters. The summed E-state index contributed by atoms with van der Waals surface area (Å²) in [6.07, 6.45) is 9.51. The molecule has 2 aromatic heterocycles. The summed E-state index contributed by atoms with van der Waals surface area (Å²) in [5, 5.41) is 9.61. The Morgan fingerprint density at radius 1 is 1.39 bits per heavy atom. The predicted octanol–water partition coefficient (Wildman–Crippen LogP) is 3.31. The average Bonchev–Trinajstić information content (AvgIpc) is 3.08. The topological polar surface area (TPSA) is 57.8 Å². The van der Waals surface area contributed by atoms with Crippen LogP contribution in [0.4, 0.5) is 0 Å². The molecule has 6 heteroatoms. The highest BCUT2D eigenvalue weighted by molar-refractivity contribution is 9.10. The summed E-state index contributed by atoms with van der Waals surface area (Å²) in [6, 6.07) is 4.00. The third-order valence-corrected chi connectivity index (χ3v) is 5.82. The molecule has 1 N–H and O–H groups in total. The van der Waals surface area contributed by atoms with Crippen molar-refractivity contribution in [3.63, 3.8) is 0 Å². The molecule has 3 heterocycles. The molecule has 0 radical (unpaired) electrons. The summed E-state index contributed by atoms with van der Waals surface area (Å²) < 4.78 is 2.99. The number of likely N-dealkylation sites (tertiary alicyclic amines) is 1. The maximum absolute atomic E-state index is 11.7. The van der Waals surface area contributed by atoms with Gasteiger partial charge in [0.25, 0.3) is 0 Å². The van der Waals surface area contributed by atoms with Gasteiger partial charge in [0.1, 0.15) is 11.7 Å². The summed E-state index contributed by atoms with van der Waals surface area (Å²) in [5.74, 6) is -0.151. The van der Waals surface area contributed by atoms with E-state index in [1.807, 2.05) is 28.9 Å². The monoisotopic (exact) mass is 377 g/mol. The van der Waals surface area contributed by atoms with Crippen LogP contribution in [0, 0.1) is 5.92 Å². The maximum atomic E-state index is 11.7. The molecule has 0 bridgehead atoms. The lowest BCUT2D eigenvalue weighted by atomic mass is 9.85. The fourth-order valence-electron chi connectivity index (χ4n) is 4.30. The Kier molecular flexibility index (Phi) is 3.89.